The van der Waals surface area contributed by atoms with Crippen LogP contribution >= 0.6 is 0 Å². The van der Waals surface area contributed by atoms with E-state index in [2.05, 4.69) is 0 Å². The Morgan fingerprint density at radius 1 is 1.26 bits per heavy atom. The minimum Gasteiger partial charge on any atom is -0.478 e. The predicted octanol–water partition coefficient (Wildman–Crippen LogP) is 2.87. The van der Waals surface area contributed by atoms with Gasteiger partial charge in [-0.15, -0.1) is 0 Å². The summed E-state index contributed by atoms with van der Waals surface area (Å²) in [6.45, 7) is 4.53. The van der Waals surface area contributed by atoms with Crippen LogP contribution in [0.4, 0.5) is 0 Å². The number of hydrogen-bond acceptors (Lipinski definition) is 7. The molecule has 0 unspecified atom stereocenters. The number of esters is 3. The van der Waals surface area contributed by atoms with E-state index in [-0.39, 0.29) is 17.9 Å². The zero-order chi connectivity index (χ0) is 23.0. The van der Waals surface area contributed by atoms with Gasteiger partial charge in [-0.05, 0) is 52.0 Å². The number of allylic oxidation sites excluding steroid dienone is 3. The number of ether oxygens (including phenoxy) is 3. The number of carbonyl (C=O) groups is 4. The Bertz CT molecular complexity index is 913. The first-order valence-electron chi connectivity index (χ1n) is 10.3. The SMILES string of the molecule is COC(=O)C1=CC[C@]23CC[C@@H]([C@@](C)(C=CC=C(C)C(=O)O)OC2=O)[C@@]3(OC(C)=O)CC1. The second-order valence-electron chi connectivity index (χ2n) is 8.67. The Hall–Kier alpha value is -2.90. The van der Waals surface area contributed by atoms with E-state index >= 15 is 0 Å². The van der Waals surface area contributed by atoms with Crippen molar-refractivity contribution in [2.24, 2.45) is 11.3 Å². The van der Waals surface area contributed by atoms with Crippen LogP contribution in [0.1, 0.15) is 52.9 Å². The molecule has 0 radical (unpaired) electrons. The van der Waals surface area contributed by atoms with Crippen molar-refractivity contribution in [2.45, 2.75) is 64.1 Å². The van der Waals surface area contributed by atoms with Gasteiger partial charge in [0.15, 0.2) is 0 Å². The van der Waals surface area contributed by atoms with Gasteiger partial charge in [-0.3, -0.25) is 9.59 Å². The van der Waals surface area contributed by atoms with Gasteiger partial charge in [-0.1, -0.05) is 18.2 Å². The van der Waals surface area contributed by atoms with E-state index in [1.807, 2.05) is 0 Å². The Labute approximate surface area is 180 Å². The smallest absolute Gasteiger partial charge is 0.333 e. The maximum absolute atomic E-state index is 13.4. The van der Waals surface area contributed by atoms with Gasteiger partial charge in [-0.25, -0.2) is 9.59 Å². The maximum atomic E-state index is 13.4. The van der Waals surface area contributed by atoms with Gasteiger partial charge in [-0.2, -0.15) is 0 Å². The van der Waals surface area contributed by atoms with Gasteiger partial charge in [0.05, 0.1) is 7.11 Å². The molecule has 2 aliphatic carbocycles. The van der Waals surface area contributed by atoms with Crippen molar-refractivity contribution in [3.63, 3.8) is 0 Å². The average molecular weight is 432 g/mol. The molecule has 1 aliphatic heterocycles. The van der Waals surface area contributed by atoms with Gasteiger partial charge >= 0.3 is 23.9 Å². The fourth-order valence-electron chi connectivity index (χ4n) is 5.45. The summed E-state index contributed by atoms with van der Waals surface area (Å²) in [5.74, 6) is -2.83. The molecule has 1 heterocycles. The molecule has 8 nitrogen and oxygen atoms in total. The van der Waals surface area contributed by atoms with Crippen molar-refractivity contribution in [1.82, 2.24) is 0 Å². The van der Waals surface area contributed by atoms with Crippen LogP contribution in [0.3, 0.4) is 0 Å². The van der Waals surface area contributed by atoms with E-state index in [1.54, 1.807) is 25.2 Å². The molecular weight excluding hydrogens is 404 g/mol. The quantitative estimate of drug-likeness (QED) is 0.305. The number of aliphatic carboxylic acids is 1. The van der Waals surface area contributed by atoms with Crippen molar-refractivity contribution in [1.29, 1.82) is 0 Å². The predicted molar refractivity (Wildman–Crippen MR) is 109 cm³/mol. The zero-order valence-corrected chi connectivity index (χ0v) is 18.2. The molecule has 168 valence electrons. The molecule has 2 fully saturated rings. The third kappa shape index (κ3) is 3.58. The molecule has 3 aliphatic rings. The summed E-state index contributed by atoms with van der Waals surface area (Å²) < 4.78 is 16.7. The van der Waals surface area contributed by atoms with Crippen molar-refractivity contribution in [2.75, 3.05) is 7.11 Å². The van der Waals surface area contributed by atoms with Crippen LogP contribution in [-0.2, 0) is 33.4 Å². The van der Waals surface area contributed by atoms with Gasteiger partial charge in [0.1, 0.15) is 16.6 Å². The molecule has 1 N–H and O–H groups in total. The highest BCUT2D eigenvalue weighted by atomic mass is 16.6. The first kappa shape index (κ1) is 22.8. The number of rotatable bonds is 5. The fourth-order valence-corrected chi connectivity index (χ4v) is 5.45. The molecule has 1 saturated heterocycles. The van der Waals surface area contributed by atoms with Gasteiger partial charge in [0.25, 0.3) is 0 Å². The normalized spacial score (nSPS) is 35.0. The fraction of sp³-hybridized carbons (Fsp3) is 0.565. The summed E-state index contributed by atoms with van der Waals surface area (Å²) >= 11 is 0. The van der Waals surface area contributed by atoms with Crippen LogP contribution in [0.5, 0.6) is 0 Å². The summed E-state index contributed by atoms with van der Waals surface area (Å²) in [5, 5.41) is 9.06. The third-order valence-corrected chi connectivity index (χ3v) is 6.97. The van der Waals surface area contributed by atoms with E-state index in [9.17, 15) is 19.2 Å². The van der Waals surface area contributed by atoms with Crippen LogP contribution in [0.2, 0.25) is 0 Å². The Morgan fingerprint density at radius 3 is 2.58 bits per heavy atom. The molecule has 4 atom stereocenters. The lowest BCUT2D eigenvalue weighted by Crippen LogP contribution is -2.65. The number of hydrogen-bond donors (Lipinski definition) is 1. The van der Waals surface area contributed by atoms with E-state index in [0.717, 1.165) is 0 Å². The second-order valence-corrected chi connectivity index (χ2v) is 8.67. The van der Waals surface area contributed by atoms with Crippen LogP contribution in [0.15, 0.2) is 35.5 Å². The summed E-state index contributed by atoms with van der Waals surface area (Å²) in [7, 11) is 1.30. The van der Waals surface area contributed by atoms with Gasteiger partial charge in [0.2, 0.25) is 0 Å². The minimum atomic E-state index is -1.13. The number of cyclic esters (lactones) is 1. The minimum absolute atomic E-state index is 0.138. The average Bonchev–Trinajstić information content (AvgIpc) is 2.84. The molecular formula is C23H28O8. The highest BCUT2D eigenvalue weighted by Crippen LogP contribution is 2.65. The monoisotopic (exact) mass is 432 g/mol. The maximum Gasteiger partial charge on any atom is 0.333 e. The zero-order valence-electron chi connectivity index (χ0n) is 18.2. The second kappa shape index (κ2) is 7.98. The largest absolute Gasteiger partial charge is 0.478 e. The summed E-state index contributed by atoms with van der Waals surface area (Å²) in [6, 6.07) is 0. The first-order chi connectivity index (χ1) is 14.5. The standard InChI is InChI=1S/C23H28O8/c1-14(18(25)26)6-5-10-21(3)17-9-12-22(20(28)31-21)11-7-16(19(27)29-4)8-13-23(17,22)30-15(2)24/h5-7,10,17H,8-9,11-13H2,1-4H3,(H,25,26)/t17-,21+,22-,23-/m0/s1. The lowest BCUT2D eigenvalue weighted by atomic mass is 9.62. The lowest BCUT2D eigenvalue weighted by Gasteiger charge is -2.54. The van der Waals surface area contributed by atoms with Crippen LogP contribution in [0, 0.1) is 11.3 Å². The molecule has 0 spiro atoms. The number of carboxylic acids is 1. The summed E-state index contributed by atoms with van der Waals surface area (Å²) in [5.41, 5.74) is -2.71. The highest BCUT2D eigenvalue weighted by molar-refractivity contribution is 5.89. The van der Waals surface area contributed by atoms with E-state index in [4.69, 9.17) is 19.3 Å². The van der Waals surface area contributed by atoms with Crippen LogP contribution < -0.4 is 0 Å². The van der Waals surface area contributed by atoms with Crippen LogP contribution in [0.25, 0.3) is 0 Å². The molecule has 1 saturated carbocycles. The highest BCUT2D eigenvalue weighted by Gasteiger charge is 2.74. The van der Waals surface area contributed by atoms with Crippen molar-refractivity contribution in [3.8, 4) is 0 Å². The number of carbonyl (C=O) groups excluding carboxylic acids is 3. The molecule has 31 heavy (non-hydrogen) atoms. The Morgan fingerprint density at radius 2 is 1.97 bits per heavy atom. The van der Waals surface area contributed by atoms with E-state index in [1.165, 1.54) is 27.0 Å². The summed E-state index contributed by atoms with van der Waals surface area (Å²) in [6.07, 6.45) is 8.21. The van der Waals surface area contributed by atoms with E-state index in [0.29, 0.717) is 31.3 Å². The summed E-state index contributed by atoms with van der Waals surface area (Å²) in [4.78, 5) is 48.8. The first-order valence-corrected chi connectivity index (χ1v) is 10.3. The Kier molecular flexibility index (Phi) is 5.86. The number of methoxy groups -OCH3 is 1. The van der Waals surface area contributed by atoms with Crippen LogP contribution in [-0.4, -0.2) is 47.3 Å². The topological polar surface area (TPSA) is 116 Å². The molecule has 3 rings (SSSR count). The molecule has 0 aromatic carbocycles. The van der Waals surface area contributed by atoms with Crippen molar-refractivity contribution in [3.05, 3.63) is 35.5 Å². The van der Waals surface area contributed by atoms with E-state index < -0.39 is 40.5 Å². The Balaban J connectivity index is 2.07. The molecule has 0 aromatic rings. The number of carboxylic acid groups (broad SMARTS) is 1. The lowest BCUT2D eigenvalue weighted by molar-refractivity contribution is -0.235. The van der Waals surface area contributed by atoms with Gasteiger partial charge in [0, 0.05) is 24.0 Å². The molecule has 0 amide bonds. The third-order valence-electron chi connectivity index (χ3n) is 6.97. The van der Waals surface area contributed by atoms with Crippen molar-refractivity contribution < 1.29 is 38.5 Å². The molecule has 8 heteroatoms. The molecule has 0 aromatic heterocycles. The van der Waals surface area contributed by atoms with Crippen molar-refractivity contribution >= 4 is 23.9 Å². The van der Waals surface area contributed by atoms with Gasteiger partial charge < -0.3 is 19.3 Å². The molecule has 2 bridgehead atoms.